The Morgan fingerprint density at radius 1 is 1.44 bits per heavy atom. The topological polar surface area (TPSA) is 41.6 Å². The van der Waals surface area contributed by atoms with E-state index in [1.165, 1.54) is 0 Å². The number of ether oxygens (including phenoxy) is 1. The van der Waals surface area contributed by atoms with E-state index < -0.39 is 5.60 Å². The Balaban J connectivity index is 0.00000289. The molecule has 0 aromatic heterocycles. The molecule has 1 amide bonds. The Bertz CT molecular complexity index is 255. The molecule has 18 heavy (non-hydrogen) atoms. The van der Waals surface area contributed by atoms with E-state index >= 15 is 0 Å². The summed E-state index contributed by atoms with van der Waals surface area (Å²) >= 11 is 0. The zero-order valence-corrected chi connectivity index (χ0v) is 12.8. The van der Waals surface area contributed by atoms with Crippen molar-refractivity contribution >= 4 is 18.3 Å². The minimum absolute atomic E-state index is 0. The van der Waals surface area contributed by atoms with Crippen LogP contribution in [-0.2, 0) is 9.53 Å². The standard InChI is InChI=1S/C13H26N2O2.ClH/c1-5-11(2)10-15(3)12(16)13(17-4)6-8-14-9-7-13;/h11,14H,5-10H2,1-4H3;1H. The number of hydrogen-bond donors (Lipinski definition) is 1. The van der Waals surface area contributed by atoms with Gasteiger partial charge in [0.05, 0.1) is 0 Å². The molecule has 0 aromatic rings. The lowest BCUT2D eigenvalue weighted by Crippen LogP contribution is -2.55. The summed E-state index contributed by atoms with van der Waals surface area (Å²) in [6.07, 6.45) is 2.64. The third-order valence-electron chi connectivity index (χ3n) is 3.82. The molecule has 1 aliphatic rings. The number of hydrogen-bond acceptors (Lipinski definition) is 3. The van der Waals surface area contributed by atoms with Gasteiger partial charge in [0.25, 0.3) is 5.91 Å². The van der Waals surface area contributed by atoms with E-state index in [9.17, 15) is 4.79 Å². The quantitative estimate of drug-likeness (QED) is 0.832. The Labute approximate surface area is 117 Å². The van der Waals surface area contributed by atoms with E-state index in [0.717, 1.165) is 38.9 Å². The summed E-state index contributed by atoms with van der Waals surface area (Å²) in [5.74, 6) is 0.682. The SMILES string of the molecule is CCC(C)CN(C)C(=O)C1(OC)CCNCC1.Cl. The zero-order chi connectivity index (χ0) is 12.9. The van der Waals surface area contributed by atoms with Crippen molar-refractivity contribution in [3.05, 3.63) is 0 Å². The normalized spacial score (nSPS) is 19.8. The average molecular weight is 279 g/mol. The fourth-order valence-electron chi connectivity index (χ4n) is 2.36. The highest BCUT2D eigenvalue weighted by Crippen LogP contribution is 2.25. The smallest absolute Gasteiger partial charge is 0.254 e. The number of methoxy groups -OCH3 is 1. The van der Waals surface area contributed by atoms with Crippen LogP contribution >= 0.6 is 12.4 Å². The highest BCUT2D eigenvalue weighted by Gasteiger charge is 2.41. The van der Waals surface area contributed by atoms with Crippen LogP contribution in [0.1, 0.15) is 33.1 Å². The molecule has 1 N–H and O–H groups in total. The maximum Gasteiger partial charge on any atom is 0.254 e. The first kappa shape index (κ1) is 17.7. The molecule has 0 radical (unpaired) electrons. The van der Waals surface area contributed by atoms with Crippen molar-refractivity contribution < 1.29 is 9.53 Å². The van der Waals surface area contributed by atoms with E-state index in [2.05, 4.69) is 19.2 Å². The number of nitrogens with zero attached hydrogens (tertiary/aromatic N) is 1. The molecule has 1 heterocycles. The first-order valence-corrected chi connectivity index (χ1v) is 6.57. The predicted molar refractivity (Wildman–Crippen MR) is 76.2 cm³/mol. The van der Waals surface area contributed by atoms with Gasteiger partial charge in [-0.3, -0.25) is 4.79 Å². The van der Waals surface area contributed by atoms with Crippen LogP contribution in [0.15, 0.2) is 0 Å². The second-order valence-electron chi connectivity index (χ2n) is 5.15. The largest absolute Gasteiger partial charge is 0.368 e. The van der Waals surface area contributed by atoms with Crippen LogP contribution in [0.2, 0.25) is 0 Å². The molecular weight excluding hydrogens is 252 g/mol. The van der Waals surface area contributed by atoms with Crippen molar-refractivity contribution in [2.75, 3.05) is 33.8 Å². The predicted octanol–water partition coefficient (Wildman–Crippen LogP) is 1.68. The van der Waals surface area contributed by atoms with E-state index in [4.69, 9.17) is 4.74 Å². The van der Waals surface area contributed by atoms with Crippen LogP contribution in [-0.4, -0.2) is 50.2 Å². The van der Waals surface area contributed by atoms with Gasteiger partial charge >= 0.3 is 0 Å². The Kier molecular flexibility index (Phi) is 7.83. The van der Waals surface area contributed by atoms with Gasteiger partial charge in [-0.1, -0.05) is 20.3 Å². The molecule has 0 aromatic carbocycles. The van der Waals surface area contributed by atoms with Crippen LogP contribution in [0.3, 0.4) is 0 Å². The molecule has 1 saturated heterocycles. The molecule has 1 rings (SSSR count). The van der Waals surface area contributed by atoms with Crippen molar-refractivity contribution in [1.29, 1.82) is 0 Å². The summed E-state index contributed by atoms with van der Waals surface area (Å²) in [7, 11) is 3.54. The van der Waals surface area contributed by atoms with E-state index in [-0.39, 0.29) is 18.3 Å². The Morgan fingerprint density at radius 3 is 2.44 bits per heavy atom. The highest BCUT2D eigenvalue weighted by molar-refractivity contribution is 5.85. The second-order valence-corrected chi connectivity index (χ2v) is 5.15. The van der Waals surface area contributed by atoms with Crippen LogP contribution in [0.4, 0.5) is 0 Å². The van der Waals surface area contributed by atoms with Gasteiger partial charge in [0.15, 0.2) is 0 Å². The van der Waals surface area contributed by atoms with Crippen molar-refractivity contribution in [1.82, 2.24) is 10.2 Å². The van der Waals surface area contributed by atoms with E-state index in [1.807, 2.05) is 11.9 Å². The monoisotopic (exact) mass is 278 g/mol. The average Bonchev–Trinajstić information content (AvgIpc) is 2.38. The summed E-state index contributed by atoms with van der Waals surface area (Å²) in [6.45, 7) is 6.85. The number of carbonyl (C=O) groups is 1. The lowest BCUT2D eigenvalue weighted by Gasteiger charge is -2.38. The van der Waals surface area contributed by atoms with Crippen molar-refractivity contribution in [2.45, 2.75) is 38.7 Å². The second kappa shape index (κ2) is 7.97. The minimum atomic E-state index is -0.590. The number of rotatable bonds is 5. The summed E-state index contributed by atoms with van der Waals surface area (Å²) in [5.41, 5.74) is -0.590. The molecule has 1 fully saturated rings. The third-order valence-corrected chi connectivity index (χ3v) is 3.82. The number of likely N-dealkylation sites (N-methyl/N-ethyl adjacent to an activating group) is 1. The summed E-state index contributed by atoms with van der Waals surface area (Å²) < 4.78 is 5.55. The van der Waals surface area contributed by atoms with Gasteiger partial charge < -0.3 is 15.0 Å². The fraction of sp³-hybridized carbons (Fsp3) is 0.923. The van der Waals surface area contributed by atoms with Crippen LogP contribution in [0, 0.1) is 5.92 Å². The molecule has 0 spiro atoms. The molecular formula is C13H27ClN2O2. The molecule has 1 aliphatic heterocycles. The van der Waals surface area contributed by atoms with Gasteiger partial charge in [0, 0.05) is 20.7 Å². The van der Waals surface area contributed by atoms with Crippen molar-refractivity contribution in [3.8, 4) is 0 Å². The molecule has 1 atom stereocenters. The molecule has 108 valence electrons. The zero-order valence-electron chi connectivity index (χ0n) is 12.0. The molecule has 4 nitrogen and oxygen atoms in total. The lowest BCUT2D eigenvalue weighted by atomic mass is 9.90. The van der Waals surface area contributed by atoms with E-state index in [0.29, 0.717) is 5.92 Å². The van der Waals surface area contributed by atoms with Crippen LogP contribution in [0.5, 0.6) is 0 Å². The van der Waals surface area contributed by atoms with Gasteiger partial charge in [-0.2, -0.15) is 0 Å². The van der Waals surface area contributed by atoms with E-state index in [1.54, 1.807) is 7.11 Å². The van der Waals surface area contributed by atoms with Crippen molar-refractivity contribution in [2.24, 2.45) is 5.92 Å². The number of halogens is 1. The molecule has 0 aliphatic carbocycles. The van der Waals surface area contributed by atoms with Crippen molar-refractivity contribution in [3.63, 3.8) is 0 Å². The van der Waals surface area contributed by atoms with Crippen LogP contribution in [0.25, 0.3) is 0 Å². The number of amides is 1. The van der Waals surface area contributed by atoms with Gasteiger partial charge in [-0.15, -0.1) is 12.4 Å². The minimum Gasteiger partial charge on any atom is -0.368 e. The molecule has 0 saturated carbocycles. The lowest BCUT2D eigenvalue weighted by molar-refractivity contribution is -0.157. The molecule has 1 unspecified atom stereocenters. The van der Waals surface area contributed by atoms with Gasteiger partial charge in [-0.25, -0.2) is 0 Å². The van der Waals surface area contributed by atoms with Crippen LogP contribution < -0.4 is 5.32 Å². The Hall–Kier alpha value is -0.320. The third kappa shape index (κ3) is 4.11. The van der Waals surface area contributed by atoms with Gasteiger partial charge in [0.2, 0.25) is 0 Å². The number of carbonyl (C=O) groups excluding carboxylic acids is 1. The first-order valence-electron chi connectivity index (χ1n) is 6.57. The molecule has 5 heteroatoms. The molecule has 0 bridgehead atoms. The van der Waals surface area contributed by atoms with Gasteiger partial charge in [-0.05, 0) is 31.8 Å². The number of nitrogens with one attached hydrogen (secondary N) is 1. The summed E-state index contributed by atoms with van der Waals surface area (Å²) in [6, 6.07) is 0. The maximum atomic E-state index is 12.5. The maximum absolute atomic E-state index is 12.5. The summed E-state index contributed by atoms with van der Waals surface area (Å²) in [5, 5.41) is 3.27. The first-order chi connectivity index (χ1) is 8.05. The Morgan fingerprint density at radius 2 is 2.00 bits per heavy atom. The highest BCUT2D eigenvalue weighted by atomic mass is 35.5. The fourth-order valence-corrected chi connectivity index (χ4v) is 2.36. The number of piperidine rings is 1. The summed E-state index contributed by atoms with van der Waals surface area (Å²) in [4.78, 5) is 14.3. The van der Waals surface area contributed by atoms with Gasteiger partial charge in [0.1, 0.15) is 5.60 Å².